The summed E-state index contributed by atoms with van der Waals surface area (Å²) in [5, 5.41) is 12.5. The summed E-state index contributed by atoms with van der Waals surface area (Å²) >= 11 is 1.91. The van der Waals surface area contributed by atoms with Gasteiger partial charge in [-0.3, -0.25) is 0 Å². The molecule has 0 spiro atoms. The van der Waals surface area contributed by atoms with Gasteiger partial charge >= 0.3 is 5.97 Å². The van der Waals surface area contributed by atoms with Crippen molar-refractivity contribution in [1.29, 1.82) is 0 Å². The van der Waals surface area contributed by atoms with Crippen LogP contribution < -0.4 is 5.32 Å². The zero-order chi connectivity index (χ0) is 13.5. The summed E-state index contributed by atoms with van der Waals surface area (Å²) in [7, 11) is 0. The van der Waals surface area contributed by atoms with E-state index in [4.69, 9.17) is 0 Å². The first-order valence-corrected chi connectivity index (χ1v) is 7.39. The highest BCUT2D eigenvalue weighted by Crippen LogP contribution is 2.22. The highest BCUT2D eigenvalue weighted by Gasteiger charge is 2.13. The molecule has 1 aromatic carbocycles. The van der Waals surface area contributed by atoms with E-state index in [1.807, 2.05) is 24.8 Å². The maximum absolute atomic E-state index is 11.2. The molecule has 0 saturated heterocycles. The number of benzene rings is 1. The van der Waals surface area contributed by atoms with Gasteiger partial charge in [-0.1, -0.05) is 19.1 Å². The van der Waals surface area contributed by atoms with Crippen molar-refractivity contribution in [1.82, 2.24) is 0 Å². The lowest BCUT2D eigenvalue weighted by molar-refractivity contribution is 0.0698. The minimum Gasteiger partial charge on any atom is -0.478 e. The van der Waals surface area contributed by atoms with E-state index in [1.54, 1.807) is 12.1 Å². The number of carboxylic acid groups (broad SMARTS) is 1. The maximum Gasteiger partial charge on any atom is 0.337 e. The Balaban J connectivity index is 2.73. The van der Waals surface area contributed by atoms with Crippen LogP contribution in [0.1, 0.15) is 36.2 Å². The molecular formula is C14H21NO2S. The Morgan fingerprint density at radius 2 is 2.22 bits per heavy atom. The van der Waals surface area contributed by atoms with E-state index in [2.05, 4.69) is 19.2 Å². The van der Waals surface area contributed by atoms with E-state index >= 15 is 0 Å². The van der Waals surface area contributed by atoms with E-state index in [0.717, 1.165) is 29.2 Å². The number of hydrogen-bond acceptors (Lipinski definition) is 3. The SMILES string of the molecule is CCSCCC(C)Nc1c(C)cccc1C(=O)O. The van der Waals surface area contributed by atoms with E-state index in [0.29, 0.717) is 5.56 Å². The van der Waals surface area contributed by atoms with Crippen LogP contribution in [0.25, 0.3) is 0 Å². The van der Waals surface area contributed by atoms with Crippen molar-refractivity contribution >= 4 is 23.4 Å². The Morgan fingerprint density at radius 1 is 1.50 bits per heavy atom. The average molecular weight is 267 g/mol. The molecule has 4 heteroatoms. The van der Waals surface area contributed by atoms with Gasteiger partial charge in [-0.2, -0.15) is 11.8 Å². The van der Waals surface area contributed by atoms with Crippen LogP contribution in [-0.2, 0) is 0 Å². The number of anilines is 1. The molecule has 0 heterocycles. The molecule has 0 bridgehead atoms. The van der Waals surface area contributed by atoms with Crippen molar-refractivity contribution in [2.24, 2.45) is 0 Å². The Kier molecular flexibility index (Phi) is 6.05. The minimum atomic E-state index is -0.878. The lowest BCUT2D eigenvalue weighted by Crippen LogP contribution is -2.19. The fourth-order valence-electron chi connectivity index (χ4n) is 1.76. The van der Waals surface area contributed by atoms with Crippen LogP contribution in [0.15, 0.2) is 18.2 Å². The highest BCUT2D eigenvalue weighted by molar-refractivity contribution is 7.99. The summed E-state index contributed by atoms with van der Waals surface area (Å²) in [5.41, 5.74) is 2.08. The molecule has 0 amide bonds. The van der Waals surface area contributed by atoms with Crippen molar-refractivity contribution < 1.29 is 9.90 Å². The summed E-state index contributed by atoms with van der Waals surface area (Å²) < 4.78 is 0. The number of aryl methyl sites for hydroxylation is 1. The van der Waals surface area contributed by atoms with Crippen molar-refractivity contribution in [3.05, 3.63) is 29.3 Å². The van der Waals surface area contributed by atoms with E-state index in [-0.39, 0.29) is 6.04 Å². The third kappa shape index (κ3) is 4.26. The van der Waals surface area contributed by atoms with Crippen molar-refractivity contribution in [2.45, 2.75) is 33.2 Å². The number of thioether (sulfide) groups is 1. The Labute approximate surface area is 113 Å². The number of carbonyl (C=O) groups is 1. The largest absolute Gasteiger partial charge is 0.478 e. The zero-order valence-electron chi connectivity index (χ0n) is 11.2. The summed E-state index contributed by atoms with van der Waals surface area (Å²) in [6.07, 6.45) is 1.03. The second-order valence-corrected chi connectivity index (χ2v) is 5.73. The third-order valence-corrected chi connectivity index (χ3v) is 3.73. The van der Waals surface area contributed by atoms with Gasteiger partial charge in [-0.05, 0) is 43.4 Å². The molecule has 0 aliphatic heterocycles. The van der Waals surface area contributed by atoms with E-state index in [9.17, 15) is 9.90 Å². The number of nitrogens with one attached hydrogen (secondary N) is 1. The number of para-hydroxylation sites is 1. The predicted octanol–water partition coefficient (Wildman–Crippen LogP) is 3.64. The minimum absolute atomic E-state index is 0.281. The quantitative estimate of drug-likeness (QED) is 0.741. The van der Waals surface area contributed by atoms with E-state index < -0.39 is 5.97 Å². The first-order chi connectivity index (χ1) is 8.56. The number of carboxylic acids is 1. The smallest absolute Gasteiger partial charge is 0.337 e. The van der Waals surface area contributed by atoms with Gasteiger partial charge in [0.25, 0.3) is 0 Å². The van der Waals surface area contributed by atoms with Gasteiger partial charge < -0.3 is 10.4 Å². The molecule has 3 nitrogen and oxygen atoms in total. The van der Waals surface area contributed by atoms with Crippen LogP contribution in [-0.4, -0.2) is 28.6 Å². The molecule has 0 radical (unpaired) electrons. The standard InChI is InChI=1S/C14H21NO2S/c1-4-18-9-8-11(3)15-13-10(2)6-5-7-12(13)14(16)17/h5-7,11,15H,4,8-9H2,1-3H3,(H,16,17). The molecule has 1 aromatic rings. The monoisotopic (exact) mass is 267 g/mol. The van der Waals surface area contributed by atoms with Crippen molar-refractivity contribution in [3.8, 4) is 0 Å². The predicted molar refractivity (Wildman–Crippen MR) is 78.8 cm³/mol. The van der Waals surface area contributed by atoms with Crippen molar-refractivity contribution in [3.63, 3.8) is 0 Å². The number of aromatic carboxylic acids is 1. The summed E-state index contributed by atoms with van der Waals surface area (Å²) in [6, 6.07) is 5.64. The molecule has 0 fully saturated rings. The Bertz CT molecular complexity index is 407. The zero-order valence-corrected chi connectivity index (χ0v) is 12.0. The van der Waals surface area contributed by atoms with Crippen LogP contribution in [0.5, 0.6) is 0 Å². The van der Waals surface area contributed by atoms with Gasteiger partial charge in [0.15, 0.2) is 0 Å². The third-order valence-electron chi connectivity index (χ3n) is 2.79. The second kappa shape index (κ2) is 7.31. The first kappa shape index (κ1) is 14.9. The van der Waals surface area contributed by atoms with Crippen molar-refractivity contribution in [2.75, 3.05) is 16.8 Å². The molecule has 1 rings (SSSR count). The molecular weight excluding hydrogens is 246 g/mol. The van der Waals surface area contributed by atoms with Crippen LogP contribution >= 0.6 is 11.8 Å². The fourth-order valence-corrected chi connectivity index (χ4v) is 2.57. The second-order valence-electron chi connectivity index (χ2n) is 4.33. The summed E-state index contributed by atoms with van der Waals surface area (Å²) in [4.78, 5) is 11.2. The molecule has 1 unspecified atom stereocenters. The van der Waals surface area contributed by atoms with Gasteiger partial charge in [0.05, 0.1) is 11.3 Å². The molecule has 18 heavy (non-hydrogen) atoms. The first-order valence-electron chi connectivity index (χ1n) is 6.23. The molecule has 0 saturated carbocycles. The summed E-state index contributed by atoms with van der Waals surface area (Å²) in [5.74, 6) is 1.34. The summed E-state index contributed by atoms with van der Waals surface area (Å²) in [6.45, 7) is 6.17. The van der Waals surface area contributed by atoms with Gasteiger partial charge in [-0.25, -0.2) is 4.79 Å². The van der Waals surface area contributed by atoms with Crippen LogP contribution in [0.4, 0.5) is 5.69 Å². The molecule has 100 valence electrons. The molecule has 0 aromatic heterocycles. The fraction of sp³-hybridized carbons (Fsp3) is 0.500. The molecule has 0 aliphatic rings. The number of rotatable bonds is 7. The van der Waals surface area contributed by atoms with Crippen LogP contribution in [0, 0.1) is 6.92 Å². The molecule has 0 aliphatic carbocycles. The van der Waals surface area contributed by atoms with Crippen LogP contribution in [0.3, 0.4) is 0 Å². The van der Waals surface area contributed by atoms with Gasteiger partial charge in [0.1, 0.15) is 0 Å². The topological polar surface area (TPSA) is 49.3 Å². The highest BCUT2D eigenvalue weighted by atomic mass is 32.2. The lowest BCUT2D eigenvalue weighted by Gasteiger charge is -2.18. The Morgan fingerprint density at radius 3 is 2.83 bits per heavy atom. The van der Waals surface area contributed by atoms with E-state index in [1.165, 1.54) is 0 Å². The Hall–Kier alpha value is -1.16. The van der Waals surface area contributed by atoms with Gasteiger partial charge in [0.2, 0.25) is 0 Å². The van der Waals surface area contributed by atoms with Gasteiger partial charge in [0, 0.05) is 6.04 Å². The van der Waals surface area contributed by atoms with Gasteiger partial charge in [-0.15, -0.1) is 0 Å². The number of hydrogen-bond donors (Lipinski definition) is 2. The lowest BCUT2D eigenvalue weighted by atomic mass is 10.1. The normalized spacial score (nSPS) is 12.2. The molecule has 2 N–H and O–H groups in total. The maximum atomic E-state index is 11.2. The average Bonchev–Trinajstić information content (AvgIpc) is 2.31. The van der Waals surface area contributed by atoms with Crippen LogP contribution in [0.2, 0.25) is 0 Å². The molecule has 1 atom stereocenters.